The number of carbonyl (C=O) groups excluding carboxylic acids is 1. The van der Waals surface area contributed by atoms with Gasteiger partial charge in [0.2, 0.25) is 5.95 Å². The van der Waals surface area contributed by atoms with E-state index in [2.05, 4.69) is 32.2 Å². The lowest BCUT2D eigenvalue weighted by atomic mass is 10.0. The number of nitrogens with zero attached hydrogens (tertiary/aromatic N) is 5. The quantitative estimate of drug-likeness (QED) is 0.732. The van der Waals surface area contributed by atoms with E-state index in [1.807, 2.05) is 30.3 Å². The lowest BCUT2D eigenvalue weighted by molar-refractivity contribution is 0.0924. The molecule has 1 atom stereocenters. The number of fused-ring (bicyclic) bond motifs is 2. The molecule has 150 valence electrons. The van der Waals surface area contributed by atoms with Gasteiger partial charge in [-0.3, -0.25) is 4.79 Å². The predicted molar refractivity (Wildman–Crippen MR) is 109 cm³/mol. The second-order valence-electron chi connectivity index (χ2n) is 7.62. The van der Waals surface area contributed by atoms with Crippen molar-refractivity contribution >= 4 is 17.5 Å². The fraction of sp³-hybridized carbons (Fsp3) is 0.381. The first-order valence-corrected chi connectivity index (χ1v) is 10.00. The number of amides is 1. The molecule has 8 heteroatoms. The Bertz CT molecular complexity index is 1040. The number of likely N-dealkylation sites (N-methyl/N-ethyl adjacent to an activating group) is 1. The third kappa shape index (κ3) is 3.51. The van der Waals surface area contributed by atoms with Crippen LogP contribution in [0.15, 0.2) is 42.6 Å². The van der Waals surface area contributed by atoms with E-state index >= 15 is 0 Å². The van der Waals surface area contributed by atoms with Crippen LogP contribution in [0.2, 0.25) is 0 Å². The standard InChI is InChI=1S/C21H24N6O2/c1-25-9-11-26(12-10-25)21-23-19-7-6-15(14-27(19)24-21)20(28)22-17-8-13-29-18-5-3-2-4-16(17)18/h2-7,14,17H,8-13H2,1H3,(H,22,28)/t17-/m0/s1. The highest BCUT2D eigenvalue weighted by atomic mass is 16.5. The van der Waals surface area contributed by atoms with E-state index in [1.165, 1.54) is 0 Å². The zero-order valence-electron chi connectivity index (χ0n) is 16.4. The Morgan fingerprint density at radius 2 is 1.97 bits per heavy atom. The Hall–Kier alpha value is -3.13. The van der Waals surface area contributed by atoms with Crippen LogP contribution in [0.4, 0.5) is 5.95 Å². The smallest absolute Gasteiger partial charge is 0.253 e. The minimum atomic E-state index is -0.120. The van der Waals surface area contributed by atoms with E-state index in [1.54, 1.807) is 16.8 Å². The van der Waals surface area contributed by atoms with Gasteiger partial charge < -0.3 is 19.9 Å². The molecule has 0 aliphatic carbocycles. The molecule has 3 aromatic rings. The molecule has 1 aromatic carbocycles. The number of aromatic nitrogens is 3. The van der Waals surface area contributed by atoms with Crippen LogP contribution in [0.3, 0.4) is 0 Å². The van der Waals surface area contributed by atoms with Crippen LogP contribution in [-0.4, -0.2) is 65.2 Å². The zero-order valence-corrected chi connectivity index (χ0v) is 16.4. The van der Waals surface area contributed by atoms with Gasteiger partial charge in [0.1, 0.15) is 5.75 Å². The van der Waals surface area contributed by atoms with Gasteiger partial charge in [-0.05, 0) is 25.2 Å². The highest BCUT2D eigenvalue weighted by molar-refractivity contribution is 5.94. The van der Waals surface area contributed by atoms with Gasteiger partial charge in [0.05, 0.1) is 18.2 Å². The number of benzene rings is 1. The summed E-state index contributed by atoms with van der Waals surface area (Å²) in [5.74, 6) is 1.44. The van der Waals surface area contributed by atoms with Crippen molar-refractivity contribution < 1.29 is 9.53 Å². The molecular formula is C21H24N6O2. The summed E-state index contributed by atoms with van der Waals surface area (Å²) in [5.41, 5.74) is 2.33. The van der Waals surface area contributed by atoms with E-state index in [0.29, 0.717) is 18.1 Å². The van der Waals surface area contributed by atoms with Crippen molar-refractivity contribution in [1.29, 1.82) is 0 Å². The number of anilines is 1. The van der Waals surface area contributed by atoms with Gasteiger partial charge >= 0.3 is 0 Å². The lowest BCUT2D eigenvalue weighted by Crippen LogP contribution is -2.44. The first-order chi connectivity index (χ1) is 14.2. The Kier molecular flexibility index (Phi) is 4.55. The van der Waals surface area contributed by atoms with Crippen molar-refractivity contribution in [2.75, 3.05) is 44.7 Å². The molecule has 0 bridgehead atoms. The van der Waals surface area contributed by atoms with Crippen LogP contribution in [0, 0.1) is 0 Å². The number of piperazine rings is 1. The molecule has 0 saturated carbocycles. The first kappa shape index (κ1) is 17.9. The second-order valence-corrected chi connectivity index (χ2v) is 7.62. The third-order valence-corrected chi connectivity index (χ3v) is 5.63. The first-order valence-electron chi connectivity index (χ1n) is 10.00. The van der Waals surface area contributed by atoms with E-state index in [0.717, 1.165) is 49.6 Å². The molecule has 1 amide bonds. The fourth-order valence-corrected chi connectivity index (χ4v) is 3.88. The molecule has 2 aliphatic heterocycles. The van der Waals surface area contributed by atoms with Gasteiger partial charge in [-0.25, -0.2) is 4.52 Å². The maximum Gasteiger partial charge on any atom is 0.253 e. The molecule has 2 aromatic heterocycles. The number of pyridine rings is 1. The number of nitrogens with one attached hydrogen (secondary N) is 1. The van der Waals surface area contributed by atoms with Crippen molar-refractivity contribution in [3.8, 4) is 5.75 Å². The van der Waals surface area contributed by atoms with Gasteiger partial charge in [0.15, 0.2) is 5.65 Å². The zero-order chi connectivity index (χ0) is 19.8. The lowest BCUT2D eigenvalue weighted by Gasteiger charge is -2.31. The Balaban J connectivity index is 1.35. The molecule has 2 aliphatic rings. The molecule has 5 rings (SSSR count). The van der Waals surface area contributed by atoms with E-state index < -0.39 is 0 Å². The Labute approximate surface area is 169 Å². The van der Waals surface area contributed by atoms with Crippen LogP contribution in [0.25, 0.3) is 5.65 Å². The van der Waals surface area contributed by atoms with E-state index in [9.17, 15) is 4.79 Å². The van der Waals surface area contributed by atoms with Gasteiger partial charge in [-0.15, -0.1) is 5.10 Å². The minimum absolute atomic E-state index is 0.0557. The second kappa shape index (κ2) is 7.36. The van der Waals surface area contributed by atoms with Crippen molar-refractivity contribution in [3.63, 3.8) is 0 Å². The molecule has 1 fully saturated rings. The minimum Gasteiger partial charge on any atom is -0.493 e. The average Bonchev–Trinajstić information content (AvgIpc) is 3.18. The van der Waals surface area contributed by atoms with Crippen LogP contribution in [0.1, 0.15) is 28.4 Å². The number of carbonyl (C=O) groups is 1. The Morgan fingerprint density at radius 3 is 2.83 bits per heavy atom. The summed E-state index contributed by atoms with van der Waals surface area (Å²) in [6.07, 6.45) is 2.50. The maximum absolute atomic E-state index is 12.9. The molecule has 0 unspecified atom stereocenters. The highest BCUT2D eigenvalue weighted by Gasteiger charge is 2.24. The number of para-hydroxylation sites is 1. The summed E-state index contributed by atoms with van der Waals surface area (Å²) >= 11 is 0. The van der Waals surface area contributed by atoms with Crippen molar-refractivity contribution in [3.05, 3.63) is 53.7 Å². The number of hydrogen-bond acceptors (Lipinski definition) is 6. The van der Waals surface area contributed by atoms with Gasteiger partial charge in [-0.2, -0.15) is 4.98 Å². The highest BCUT2D eigenvalue weighted by Crippen LogP contribution is 2.31. The molecule has 1 N–H and O–H groups in total. The van der Waals surface area contributed by atoms with Gasteiger partial charge in [-0.1, -0.05) is 18.2 Å². The van der Waals surface area contributed by atoms with Crippen LogP contribution >= 0.6 is 0 Å². The van der Waals surface area contributed by atoms with E-state index in [-0.39, 0.29) is 11.9 Å². The molecule has 0 spiro atoms. The molecule has 1 saturated heterocycles. The summed E-state index contributed by atoms with van der Waals surface area (Å²) in [4.78, 5) is 22.0. The number of rotatable bonds is 3. The van der Waals surface area contributed by atoms with E-state index in [4.69, 9.17) is 4.74 Å². The summed E-state index contributed by atoms with van der Waals surface area (Å²) < 4.78 is 7.38. The normalized spacial score (nSPS) is 19.6. The number of ether oxygens (including phenoxy) is 1. The molecular weight excluding hydrogens is 368 g/mol. The van der Waals surface area contributed by atoms with Crippen molar-refractivity contribution in [2.24, 2.45) is 0 Å². The summed E-state index contributed by atoms with van der Waals surface area (Å²) in [6.45, 7) is 4.40. The summed E-state index contributed by atoms with van der Waals surface area (Å²) in [6, 6.07) is 11.4. The van der Waals surface area contributed by atoms with Crippen LogP contribution < -0.4 is 15.0 Å². The fourth-order valence-electron chi connectivity index (χ4n) is 3.88. The summed E-state index contributed by atoms with van der Waals surface area (Å²) in [5, 5.41) is 7.73. The van der Waals surface area contributed by atoms with Gasteiger partial charge in [0, 0.05) is 44.4 Å². The topological polar surface area (TPSA) is 75.0 Å². The SMILES string of the molecule is CN1CCN(c2nc3ccc(C(=O)N[C@H]4CCOc5ccccc54)cn3n2)CC1. The molecule has 8 nitrogen and oxygen atoms in total. The molecule has 4 heterocycles. The van der Waals surface area contributed by atoms with Crippen molar-refractivity contribution in [2.45, 2.75) is 12.5 Å². The van der Waals surface area contributed by atoms with Crippen LogP contribution in [0.5, 0.6) is 5.75 Å². The largest absolute Gasteiger partial charge is 0.493 e. The van der Waals surface area contributed by atoms with Gasteiger partial charge in [0.25, 0.3) is 5.91 Å². The predicted octanol–water partition coefficient (Wildman–Crippen LogP) is 1.73. The summed E-state index contributed by atoms with van der Waals surface area (Å²) in [7, 11) is 2.12. The molecule has 29 heavy (non-hydrogen) atoms. The average molecular weight is 392 g/mol. The van der Waals surface area contributed by atoms with Crippen LogP contribution in [-0.2, 0) is 0 Å². The third-order valence-electron chi connectivity index (χ3n) is 5.63. The molecule has 0 radical (unpaired) electrons. The Morgan fingerprint density at radius 1 is 1.14 bits per heavy atom. The maximum atomic E-state index is 12.9. The number of hydrogen-bond donors (Lipinski definition) is 1. The monoisotopic (exact) mass is 392 g/mol. The van der Waals surface area contributed by atoms with Crippen molar-refractivity contribution in [1.82, 2.24) is 24.8 Å².